The van der Waals surface area contributed by atoms with Crippen LogP contribution < -0.4 is 11.1 Å². The molecule has 0 rings (SSSR count). The summed E-state index contributed by atoms with van der Waals surface area (Å²) < 4.78 is 0. The lowest BCUT2D eigenvalue weighted by molar-refractivity contribution is 0.157. The molecule has 0 aliphatic carbocycles. The van der Waals surface area contributed by atoms with E-state index in [0.717, 1.165) is 13.0 Å². The Hall–Kier alpha value is -0.120. The van der Waals surface area contributed by atoms with E-state index in [-0.39, 0.29) is 0 Å². The van der Waals surface area contributed by atoms with Crippen LogP contribution in [-0.2, 0) is 0 Å². The van der Waals surface area contributed by atoms with Crippen LogP contribution >= 0.6 is 0 Å². The lowest BCUT2D eigenvalue weighted by Gasteiger charge is -2.04. The van der Waals surface area contributed by atoms with Crippen LogP contribution in [0.1, 0.15) is 13.3 Å². The predicted molar refractivity (Wildman–Crippen MR) is 33.4 cm³/mol. The normalized spacial score (nSPS) is 13.9. The zero-order chi connectivity index (χ0) is 6.41. The number of hydrogen-bond acceptors (Lipinski definition) is 3. The molecule has 1 unspecified atom stereocenters. The maximum Gasteiger partial charge on any atom is 0.102 e. The van der Waals surface area contributed by atoms with Gasteiger partial charge < -0.3 is 10.8 Å². The molecule has 0 aromatic rings. The van der Waals surface area contributed by atoms with E-state index < -0.39 is 6.23 Å². The summed E-state index contributed by atoms with van der Waals surface area (Å²) in [7, 11) is 0. The Kier molecular flexibility index (Phi) is 4.95. The Bertz CT molecular complexity index is 47.7. The minimum absolute atomic E-state index is 0.401. The van der Waals surface area contributed by atoms with Crippen molar-refractivity contribution in [2.45, 2.75) is 19.6 Å². The van der Waals surface area contributed by atoms with Crippen molar-refractivity contribution >= 4 is 0 Å². The van der Waals surface area contributed by atoms with Gasteiger partial charge in [-0.3, -0.25) is 5.32 Å². The number of nitrogens with two attached hydrogens (primary N) is 1. The third kappa shape index (κ3) is 5.88. The molecule has 1 atom stereocenters. The lowest BCUT2D eigenvalue weighted by atomic mass is 10.4. The second-order valence-electron chi connectivity index (χ2n) is 1.77. The van der Waals surface area contributed by atoms with Gasteiger partial charge in [0.05, 0.1) is 0 Å². The summed E-state index contributed by atoms with van der Waals surface area (Å²) in [6, 6.07) is 0. The summed E-state index contributed by atoms with van der Waals surface area (Å²) in [5, 5.41) is 11.4. The van der Waals surface area contributed by atoms with Crippen LogP contribution in [0.2, 0.25) is 0 Å². The molecule has 0 aliphatic heterocycles. The second-order valence-corrected chi connectivity index (χ2v) is 1.77. The minimum atomic E-state index is -0.401. The van der Waals surface area contributed by atoms with Crippen molar-refractivity contribution in [3.63, 3.8) is 0 Å². The SMILES string of the molecule is CC(O)NCCCN. The average Bonchev–Trinajstić information content (AvgIpc) is 1.66. The van der Waals surface area contributed by atoms with Gasteiger partial charge in [-0.25, -0.2) is 0 Å². The molecule has 0 heterocycles. The molecule has 0 saturated heterocycles. The average molecular weight is 118 g/mol. The third-order valence-corrected chi connectivity index (χ3v) is 0.821. The topological polar surface area (TPSA) is 58.3 Å². The molecule has 0 aromatic heterocycles. The second kappa shape index (κ2) is 5.03. The van der Waals surface area contributed by atoms with Gasteiger partial charge in [0.25, 0.3) is 0 Å². The van der Waals surface area contributed by atoms with Crippen LogP contribution in [0.15, 0.2) is 0 Å². The van der Waals surface area contributed by atoms with Crippen LogP contribution in [0.25, 0.3) is 0 Å². The van der Waals surface area contributed by atoms with E-state index >= 15 is 0 Å². The van der Waals surface area contributed by atoms with Gasteiger partial charge in [-0.1, -0.05) is 0 Å². The highest BCUT2D eigenvalue weighted by molar-refractivity contribution is 4.46. The Morgan fingerprint density at radius 3 is 2.75 bits per heavy atom. The van der Waals surface area contributed by atoms with E-state index in [1.165, 1.54) is 0 Å². The maximum atomic E-state index is 8.63. The summed E-state index contributed by atoms with van der Waals surface area (Å²) in [6.07, 6.45) is 0.520. The Balaban J connectivity index is 2.72. The summed E-state index contributed by atoms with van der Waals surface area (Å²) in [6.45, 7) is 3.17. The summed E-state index contributed by atoms with van der Waals surface area (Å²) in [5.74, 6) is 0. The molecule has 0 bridgehead atoms. The zero-order valence-electron chi connectivity index (χ0n) is 5.22. The van der Waals surface area contributed by atoms with E-state index in [0.29, 0.717) is 6.54 Å². The summed E-state index contributed by atoms with van der Waals surface area (Å²) in [5.41, 5.74) is 5.19. The van der Waals surface area contributed by atoms with E-state index in [4.69, 9.17) is 10.8 Å². The van der Waals surface area contributed by atoms with Crippen molar-refractivity contribution in [3.8, 4) is 0 Å². The number of aliphatic hydroxyl groups excluding tert-OH is 1. The highest BCUT2D eigenvalue weighted by Crippen LogP contribution is 1.72. The zero-order valence-corrected chi connectivity index (χ0v) is 5.22. The largest absolute Gasteiger partial charge is 0.379 e. The number of hydrogen-bond donors (Lipinski definition) is 3. The molecular formula is C5H14N2O. The van der Waals surface area contributed by atoms with Gasteiger partial charge in [0.15, 0.2) is 0 Å². The Morgan fingerprint density at radius 2 is 2.38 bits per heavy atom. The Morgan fingerprint density at radius 1 is 1.75 bits per heavy atom. The van der Waals surface area contributed by atoms with Crippen LogP contribution in [0.5, 0.6) is 0 Å². The molecule has 50 valence electrons. The number of nitrogens with one attached hydrogen (secondary N) is 1. The quantitative estimate of drug-likeness (QED) is 0.337. The van der Waals surface area contributed by atoms with Crippen LogP contribution in [0.4, 0.5) is 0 Å². The summed E-state index contributed by atoms with van der Waals surface area (Å²) in [4.78, 5) is 0. The first-order valence-corrected chi connectivity index (χ1v) is 2.89. The first kappa shape index (κ1) is 7.88. The predicted octanol–water partition coefficient (Wildman–Crippen LogP) is -0.737. The standard InChI is InChI=1S/C5H14N2O/c1-5(8)7-4-2-3-6/h5,7-8H,2-4,6H2,1H3. The van der Waals surface area contributed by atoms with Gasteiger partial charge >= 0.3 is 0 Å². The third-order valence-electron chi connectivity index (χ3n) is 0.821. The minimum Gasteiger partial charge on any atom is -0.379 e. The molecule has 0 radical (unpaired) electrons. The van der Waals surface area contributed by atoms with Crippen LogP contribution in [-0.4, -0.2) is 24.4 Å². The number of aliphatic hydroxyl groups is 1. The fraction of sp³-hybridized carbons (Fsp3) is 1.00. The van der Waals surface area contributed by atoms with Gasteiger partial charge in [-0.2, -0.15) is 0 Å². The molecule has 0 spiro atoms. The van der Waals surface area contributed by atoms with Crippen molar-refractivity contribution in [2.75, 3.05) is 13.1 Å². The molecule has 4 N–H and O–H groups in total. The van der Waals surface area contributed by atoms with Crippen LogP contribution in [0.3, 0.4) is 0 Å². The maximum absolute atomic E-state index is 8.63. The highest BCUT2D eigenvalue weighted by atomic mass is 16.3. The van der Waals surface area contributed by atoms with E-state index in [1.54, 1.807) is 6.92 Å². The van der Waals surface area contributed by atoms with Gasteiger partial charge in [0.2, 0.25) is 0 Å². The molecule has 3 nitrogen and oxygen atoms in total. The molecule has 3 heteroatoms. The highest BCUT2D eigenvalue weighted by Gasteiger charge is 1.89. The molecule has 0 fully saturated rings. The van der Waals surface area contributed by atoms with Gasteiger partial charge in [-0.15, -0.1) is 0 Å². The van der Waals surface area contributed by atoms with Crippen molar-refractivity contribution in [3.05, 3.63) is 0 Å². The monoisotopic (exact) mass is 118 g/mol. The molecule has 0 aromatic carbocycles. The molecular weight excluding hydrogens is 104 g/mol. The van der Waals surface area contributed by atoms with Crippen molar-refractivity contribution in [1.29, 1.82) is 0 Å². The van der Waals surface area contributed by atoms with E-state index in [9.17, 15) is 0 Å². The Labute approximate surface area is 49.9 Å². The van der Waals surface area contributed by atoms with Gasteiger partial charge in [0, 0.05) is 0 Å². The number of rotatable bonds is 4. The fourth-order valence-corrected chi connectivity index (χ4v) is 0.413. The van der Waals surface area contributed by atoms with Gasteiger partial charge in [-0.05, 0) is 26.4 Å². The summed E-state index contributed by atoms with van der Waals surface area (Å²) >= 11 is 0. The van der Waals surface area contributed by atoms with E-state index in [1.807, 2.05) is 0 Å². The molecule has 0 aliphatic rings. The lowest BCUT2D eigenvalue weighted by Crippen LogP contribution is -2.27. The fourth-order valence-electron chi connectivity index (χ4n) is 0.413. The van der Waals surface area contributed by atoms with Crippen LogP contribution in [0, 0.1) is 0 Å². The first-order chi connectivity index (χ1) is 3.77. The van der Waals surface area contributed by atoms with Crippen molar-refractivity contribution < 1.29 is 5.11 Å². The molecule has 8 heavy (non-hydrogen) atoms. The van der Waals surface area contributed by atoms with Gasteiger partial charge in [0.1, 0.15) is 6.23 Å². The first-order valence-electron chi connectivity index (χ1n) is 2.89. The smallest absolute Gasteiger partial charge is 0.102 e. The molecule has 0 amide bonds. The van der Waals surface area contributed by atoms with Crippen molar-refractivity contribution in [2.24, 2.45) is 5.73 Å². The van der Waals surface area contributed by atoms with Crippen molar-refractivity contribution in [1.82, 2.24) is 5.32 Å². The van der Waals surface area contributed by atoms with E-state index in [2.05, 4.69) is 5.32 Å². The molecule has 0 saturated carbocycles.